The Morgan fingerprint density at radius 1 is 1.03 bits per heavy atom. The molecule has 0 radical (unpaired) electrons. The van der Waals surface area contributed by atoms with Crippen molar-refractivity contribution in [3.63, 3.8) is 0 Å². The van der Waals surface area contributed by atoms with Crippen LogP contribution < -0.4 is 14.8 Å². The number of hydrogen-bond acceptors (Lipinski definition) is 5. The maximum absolute atomic E-state index is 13.9. The minimum Gasteiger partial charge on any atom is -0.496 e. The molecule has 4 aromatic rings. The Morgan fingerprint density at radius 2 is 1.69 bits per heavy atom. The zero-order valence-corrected chi connectivity index (χ0v) is 20.7. The second-order valence-electron chi connectivity index (χ2n) is 8.77. The lowest BCUT2D eigenvalue weighted by Gasteiger charge is -2.44. The van der Waals surface area contributed by atoms with Crippen molar-refractivity contribution in [2.24, 2.45) is 0 Å². The van der Waals surface area contributed by atoms with Gasteiger partial charge in [0.25, 0.3) is 5.91 Å². The van der Waals surface area contributed by atoms with E-state index >= 15 is 0 Å². The van der Waals surface area contributed by atoms with Gasteiger partial charge in [-0.1, -0.05) is 36.4 Å². The second-order valence-corrected chi connectivity index (χ2v) is 9.66. The van der Waals surface area contributed by atoms with Gasteiger partial charge in [0.1, 0.15) is 27.6 Å². The van der Waals surface area contributed by atoms with Crippen molar-refractivity contribution in [3.05, 3.63) is 82.9 Å². The van der Waals surface area contributed by atoms with Gasteiger partial charge in [-0.3, -0.25) is 9.59 Å². The van der Waals surface area contributed by atoms with Crippen molar-refractivity contribution < 1.29 is 19.1 Å². The molecular formula is C27H27N3O4S. The number of thiophene rings is 1. The van der Waals surface area contributed by atoms with Crippen LogP contribution in [0.4, 0.5) is 0 Å². The van der Waals surface area contributed by atoms with Crippen molar-refractivity contribution >= 4 is 33.4 Å². The van der Waals surface area contributed by atoms with Crippen LogP contribution in [0.1, 0.15) is 28.5 Å². The molecule has 7 nitrogen and oxygen atoms in total. The van der Waals surface area contributed by atoms with E-state index in [1.807, 2.05) is 77.5 Å². The number of para-hydroxylation sites is 2. The van der Waals surface area contributed by atoms with Crippen LogP contribution in [0, 0.1) is 0 Å². The van der Waals surface area contributed by atoms with Crippen LogP contribution in [0.2, 0.25) is 0 Å². The smallest absolute Gasteiger partial charge is 0.271 e. The molecule has 3 heterocycles. The summed E-state index contributed by atoms with van der Waals surface area (Å²) in [5.41, 5.74) is 1.18. The van der Waals surface area contributed by atoms with Crippen molar-refractivity contribution in [2.75, 3.05) is 14.2 Å². The minimum atomic E-state index is -1.12. The number of amides is 2. The van der Waals surface area contributed by atoms with Crippen molar-refractivity contribution in [2.45, 2.75) is 32.1 Å². The molecule has 0 saturated heterocycles. The van der Waals surface area contributed by atoms with Crippen molar-refractivity contribution in [1.82, 2.24) is 14.8 Å². The molecule has 0 unspecified atom stereocenters. The number of carbonyl (C=O) groups is 2. The molecule has 0 spiro atoms. The quantitative estimate of drug-likeness (QED) is 0.416. The Morgan fingerprint density at radius 3 is 2.40 bits per heavy atom. The summed E-state index contributed by atoms with van der Waals surface area (Å²) >= 11 is 1.57. The minimum absolute atomic E-state index is 0.180. The molecule has 0 aliphatic carbocycles. The highest BCUT2D eigenvalue weighted by molar-refractivity contribution is 7.16. The van der Waals surface area contributed by atoms with Crippen molar-refractivity contribution in [1.29, 1.82) is 0 Å². The summed E-state index contributed by atoms with van der Waals surface area (Å²) in [6.07, 6.45) is 0. The van der Waals surface area contributed by atoms with E-state index in [0.29, 0.717) is 30.3 Å². The van der Waals surface area contributed by atoms with E-state index in [1.54, 1.807) is 30.5 Å². The SMILES string of the molecule is COc1ccccc1CNC(=O)[C@]1(C)Cn2c(cc3ccsc32)C(=O)N1Cc1ccccc1OC. The van der Waals surface area contributed by atoms with Gasteiger partial charge in [-0.2, -0.15) is 0 Å². The van der Waals surface area contributed by atoms with Gasteiger partial charge in [-0.05, 0) is 36.6 Å². The molecule has 5 rings (SSSR count). The zero-order valence-electron chi connectivity index (χ0n) is 19.9. The number of nitrogens with one attached hydrogen (secondary N) is 1. The third-order valence-corrected chi connectivity index (χ3v) is 7.62. The Labute approximate surface area is 207 Å². The van der Waals surface area contributed by atoms with Gasteiger partial charge in [-0.15, -0.1) is 11.3 Å². The molecule has 8 heteroatoms. The van der Waals surface area contributed by atoms with Gasteiger partial charge in [-0.25, -0.2) is 0 Å². The molecule has 2 aromatic heterocycles. The predicted octanol–water partition coefficient (Wildman–Crippen LogP) is 4.45. The molecular weight excluding hydrogens is 462 g/mol. The van der Waals surface area contributed by atoms with E-state index in [0.717, 1.165) is 21.3 Å². The second kappa shape index (κ2) is 9.11. The highest BCUT2D eigenvalue weighted by atomic mass is 32.1. The number of benzene rings is 2. The van der Waals surface area contributed by atoms with Gasteiger partial charge in [0.05, 0.1) is 27.3 Å². The van der Waals surface area contributed by atoms with Crippen LogP contribution >= 0.6 is 11.3 Å². The molecule has 0 fully saturated rings. The molecule has 35 heavy (non-hydrogen) atoms. The Bertz CT molecular complexity index is 1410. The zero-order chi connectivity index (χ0) is 24.6. The summed E-state index contributed by atoms with van der Waals surface area (Å²) < 4.78 is 12.9. The van der Waals surface area contributed by atoms with E-state index in [1.165, 1.54) is 0 Å². The first-order valence-corrected chi connectivity index (χ1v) is 12.2. The fourth-order valence-electron chi connectivity index (χ4n) is 4.72. The van der Waals surface area contributed by atoms with Crippen LogP contribution in [0.5, 0.6) is 11.5 Å². The summed E-state index contributed by atoms with van der Waals surface area (Å²) in [6, 6.07) is 19.1. The maximum atomic E-state index is 13.9. The molecule has 1 aliphatic heterocycles. The number of rotatable bonds is 7. The number of ether oxygens (including phenoxy) is 2. The molecule has 2 amide bonds. The van der Waals surface area contributed by atoms with Crippen LogP contribution in [-0.2, 0) is 24.4 Å². The van der Waals surface area contributed by atoms with Crippen molar-refractivity contribution in [3.8, 4) is 11.5 Å². The number of hydrogen-bond donors (Lipinski definition) is 1. The average molecular weight is 490 g/mol. The van der Waals surface area contributed by atoms with Gasteiger partial charge in [0.2, 0.25) is 5.91 Å². The van der Waals surface area contributed by atoms with Gasteiger partial charge in [0.15, 0.2) is 0 Å². The lowest BCUT2D eigenvalue weighted by atomic mass is 9.93. The molecule has 1 atom stereocenters. The topological polar surface area (TPSA) is 72.8 Å². The average Bonchev–Trinajstić information content (AvgIpc) is 3.48. The number of methoxy groups -OCH3 is 2. The van der Waals surface area contributed by atoms with E-state index in [-0.39, 0.29) is 18.4 Å². The first-order valence-electron chi connectivity index (χ1n) is 11.4. The molecule has 0 bridgehead atoms. The van der Waals surface area contributed by atoms with Crippen LogP contribution in [-0.4, -0.2) is 41.0 Å². The summed E-state index contributed by atoms with van der Waals surface area (Å²) in [5.74, 6) is 0.978. The largest absolute Gasteiger partial charge is 0.496 e. The fourth-order valence-corrected chi connectivity index (χ4v) is 5.62. The highest BCUT2D eigenvalue weighted by Gasteiger charge is 2.48. The first kappa shape index (κ1) is 23.0. The van der Waals surface area contributed by atoms with E-state index in [4.69, 9.17) is 9.47 Å². The lowest BCUT2D eigenvalue weighted by Crippen LogP contribution is -2.63. The number of nitrogens with zero attached hydrogens (tertiary/aromatic N) is 2. The monoisotopic (exact) mass is 489 g/mol. The fraction of sp³-hybridized carbons (Fsp3) is 0.259. The van der Waals surface area contributed by atoms with Crippen LogP contribution in [0.25, 0.3) is 10.2 Å². The molecule has 0 saturated carbocycles. The first-order chi connectivity index (χ1) is 17.0. The van der Waals surface area contributed by atoms with E-state index in [2.05, 4.69) is 5.32 Å². The number of carbonyl (C=O) groups excluding carboxylic acids is 2. The predicted molar refractivity (Wildman–Crippen MR) is 136 cm³/mol. The maximum Gasteiger partial charge on any atom is 0.271 e. The van der Waals surface area contributed by atoms with Gasteiger partial charge < -0.3 is 24.3 Å². The Kier molecular flexibility index (Phi) is 5.98. The standard InChI is InChI=1S/C27H27N3O4S/c1-27(26(32)28-15-19-8-4-6-10-22(19)33-2)17-29-21(14-18-12-13-35-25(18)29)24(31)30(27)16-20-9-5-7-11-23(20)34-3/h4-14H,15-17H2,1-3H3,(H,28,32)/t27-/m0/s1. The molecule has 1 aliphatic rings. The third kappa shape index (κ3) is 3.93. The highest BCUT2D eigenvalue weighted by Crippen LogP contribution is 2.36. The molecule has 180 valence electrons. The Hall–Kier alpha value is -3.78. The summed E-state index contributed by atoms with van der Waals surface area (Å²) in [5, 5.41) is 6.07. The van der Waals surface area contributed by atoms with Gasteiger partial charge in [0, 0.05) is 23.1 Å². The van der Waals surface area contributed by atoms with E-state index < -0.39 is 5.54 Å². The van der Waals surface area contributed by atoms with Crippen LogP contribution in [0.15, 0.2) is 66.0 Å². The summed E-state index contributed by atoms with van der Waals surface area (Å²) in [4.78, 5) is 30.3. The normalized spacial score (nSPS) is 17.3. The third-order valence-electron chi connectivity index (χ3n) is 6.67. The lowest BCUT2D eigenvalue weighted by molar-refractivity contribution is -0.133. The Balaban J connectivity index is 1.52. The molecule has 2 aromatic carbocycles. The van der Waals surface area contributed by atoms with E-state index in [9.17, 15) is 9.59 Å². The van der Waals surface area contributed by atoms with Crippen LogP contribution in [0.3, 0.4) is 0 Å². The number of fused-ring (bicyclic) bond motifs is 3. The summed E-state index contributed by atoms with van der Waals surface area (Å²) in [6.45, 7) is 2.73. The molecule has 1 N–H and O–H groups in total. The number of aromatic nitrogens is 1. The summed E-state index contributed by atoms with van der Waals surface area (Å²) in [7, 11) is 3.21. The van der Waals surface area contributed by atoms with Gasteiger partial charge >= 0.3 is 0 Å².